The summed E-state index contributed by atoms with van der Waals surface area (Å²) in [6.45, 7) is 1.64. The summed E-state index contributed by atoms with van der Waals surface area (Å²) in [7, 11) is 0. The molecule has 23 heavy (non-hydrogen) atoms. The van der Waals surface area contributed by atoms with Gasteiger partial charge in [-0.2, -0.15) is 13.2 Å². The van der Waals surface area contributed by atoms with Crippen LogP contribution in [0, 0.1) is 0 Å². The van der Waals surface area contributed by atoms with Crippen molar-refractivity contribution in [1.29, 1.82) is 0 Å². The van der Waals surface area contributed by atoms with Crippen LogP contribution in [0.1, 0.15) is 5.82 Å². The van der Waals surface area contributed by atoms with Gasteiger partial charge in [-0.15, -0.1) is 12.4 Å². The Labute approximate surface area is 136 Å². The van der Waals surface area contributed by atoms with Crippen LogP contribution in [-0.4, -0.2) is 29.2 Å². The molecule has 5 nitrogen and oxygen atoms in total. The average molecular weight is 347 g/mol. The number of hydrogen-bond acceptors (Lipinski definition) is 5. The zero-order valence-corrected chi connectivity index (χ0v) is 12.6. The largest absolute Gasteiger partial charge is 0.488 e. The van der Waals surface area contributed by atoms with Crippen molar-refractivity contribution in [2.24, 2.45) is 0 Å². The standard InChI is InChI=1S/C14H13F3N4O.ClH/c15-14(16,17)13-19-6-5-12(21-13)20-9-1-3-10(4-2-9)22-11-7-18-8-11;/h1-6,11,18H,7-8H2,(H,19,20,21);1H. The lowest BCUT2D eigenvalue weighted by Gasteiger charge is -2.27. The minimum Gasteiger partial charge on any atom is -0.488 e. The van der Waals surface area contributed by atoms with Crippen molar-refractivity contribution >= 4 is 23.9 Å². The Hall–Kier alpha value is -2.06. The molecule has 0 radical (unpaired) electrons. The zero-order valence-electron chi connectivity index (χ0n) is 11.8. The Bertz CT molecular complexity index is 647. The van der Waals surface area contributed by atoms with Gasteiger partial charge < -0.3 is 15.4 Å². The average Bonchev–Trinajstić information content (AvgIpc) is 2.44. The first kappa shape index (κ1) is 17.3. The van der Waals surface area contributed by atoms with Crippen LogP contribution in [0.15, 0.2) is 36.5 Å². The molecule has 0 amide bonds. The van der Waals surface area contributed by atoms with E-state index in [4.69, 9.17) is 4.74 Å². The Morgan fingerprint density at radius 2 is 1.83 bits per heavy atom. The number of nitrogens with zero attached hydrogens (tertiary/aromatic N) is 2. The molecule has 0 atom stereocenters. The molecule has 2 heterocycles. The fourth-order valence-electron chi connectivity index (χ4n) is 1.87. The molecule has 2 aromatic rings. The lowest BCUT2D eigenvalue weighted by Crippen LogP contribution is -2.50. The Balaban J connectivity index is 0.00000192. The van der Waals surface area contributed by atoms with Gasteiger partial charge in [0, 0.05) is 25.0 Å². The van der Waals surface area contributed by atoms with Gasteiger partial charge in [-0.25, -0.2) is 9.97 Å². The fraction of sp³-hybridized carbons (Fsp3) is 0.286. The van der Waals surface area contributed by atoms with E-state index < -0.39 is 12.0 Å². The molecule has 0 aliphatic carbocycles. The smallest absolute Gasteiger partial charge is 0.451 e. The third kappa shape index (κ3) is 4.46. The summed E-state index contributed by atoms with van der Waals surface area (Å²) in [5.41, 5.74) is 0.617. The number of rotatable bonds is 4. The van der Waals surface area contributed by atoms with Gasteiger partial charge in [0.1, 0.15) is 17.7 Å². The lowest BCUT2D eigenvalue weighted by molar-refractivity contribution is -0.144. The van der Waals surface area contributed by atoms with Crippen LogP contribution in [0.25, 0.3) is 0 Å². The van der Waals surface area contributed by atoms with Gasteiger partial charge in [0.15, 0.2) is 0 Å². The zero-order chi connectivity index (χ0) is 15.6. The Morgan fingerprint density at radius 1 is 1.13 bits per heavy atom. The van der Waals surface area contributed by atoms with Crippen molar-refractivity contribution in [3.8, 4) is 5.75 Å². The van der Waals surface area contributed by atoms with Gasteiger partial charge in [-0.1, -0.05) is 0 Å². The third-order valence-corrected chi connectivity index (χ3v) is 3.08. The molecule has 1 saturated heterocycles. The number of halogens is 4. The molecule has 1 aromatic carbocycles. The molecule has 9 heteroatoms. The predicted octanol–water partition coefficient (Wildman–Crippen LogP) is 3.01. The first-order chi connectivity index (χ1) is 10.5. The summed E-state index contributed by atoms with van der Waals surface area (Å²) in [5.74, 6) is -0.371. The summed E-state index contributed by atoms with van der Waals surface area (Å²) >= 11 is 0. The molecule has 0 unspecified atom stereocenters. The van der Waals surface area contributed by atoms with Crippen LogP contribution in [0.2, 0.25) is 0 Å². The number of anilines is 2. The summed E-state index contributed by atoms with van der Waals surface area (Å²) < 4.78 is 43.3. The highest BCUT2D eigenvalue weighted by molar-refractivity contribution is 5.85. The second-order valence-corrected chi connectivity index (χ2v) is 4.81. The number of hydrogen-bond donors (Lipinski definition) is 2. The van der Waals surface area contributed by atoms with Crippen LogP contribution >= 0.6 is 12.4 Å². The van der Waals surface area contributed by atoms with E-state index in [1.807, 2.05) is 0 Å². The highest BCUT2D eigenvalue weighted by atomic mass is 35.5. The molecule has 3 rings (SSSR count). The van der Waals surface area contributed by atoms with E-state index in [1.165, 1.54) is 6.07 Å². The van der Waals surface area contributed by atoms with Crippen LogP contribution in [-0.2, 0) is 6.18 Å². The molecular weight excluding hydrogens is 333 g/mol. The number of ether oxygens (including phenoxy) is 1. The van der Waals surface area contributed by atoms with Gasteiger partial charge >= 0.3 is 6.18 Å². The number of nitrogens with one attached hydrogen (secondary N) is 2. The first-order valence-electron chi connectivity index (χ1n) is 6.65. The summed E-state index contributed by atoms with van der Waals surface area (Å²) in [6.07, 6.45) is -3.32. The predicted molar refractivity (Wildman–Crippen MR) is 81.3 cm³/mol. The molecule has 1 aromatic heterocycles. The highest BCUT2D eigenvalue weighted by Gasteiger charge is 2.34. The van der Waals surface area contributed by atoms with E-state index in [0.717, 1.165) is 25.0 Å². The van der Waals surface area contributed by atoms with E-state index in [-0.39, 0.29) is 24.3 Å². The maximum Gasteiger partial charge on any atom is 0.451 e. The van der Waals surface area contributed by atoms with Gasteiger partial charge in [-0.3, -0.25) is 0 Å². The second-order valence-electron chi connectivity index (χ2n) is 4.81. The van der Waals surface area contributed by atoms with Crippen molar-refractivity contribution in [1.82, 2.24) is 15.3 Å². The third-order valence-electron chi connectivity index (χ3n) is 3.08. The molecule has 1 fully saturated rings. The monoisotopic (exact) mass is 346 g/mol. The molecule has 1 aliphatic rings. The number of benzene rings is 1. The topological polar surface area (TPSA) is 59.1 Å². The molecule has 0 spiro atoms. The number of aromatic nitrogens is 2. The molecule has 124 valence electrons. The van der Waals surface area contributed by atoms with Gasteiger partial charge in [-0.05, 0) is 30.3 Å². The van der Waals surface area contributed by atoms with E-state index in [2.05, 4.69) is 20.6 Å². The minimum absolute atomic E-state index is 0. The summed E-state index contributed by atoms with van der Waals surface area (Å²) in [6, 6.07) is 8.33. The van der Waals surface area contributed by atoms with Crippen LogP contribution in [0.3, 0.4) is 0 Å². The number of alkyl halides is 3. The van der Waals surface area contributed by atoms with E-state index in [9.17, 15) is 13.2 Å². The summed E-state index contributed by atoms with van der Waals surface area (Å²) in [4.78, 5) is 6.66. The van der Waals surface area contributed by atoms with Crippen molar-refractivity contribution in [2.75, 3.05) is 18.4 Å². The molecule has 1 aliphatic heterocycles. The lowest BCUT2D eigenvalue weighted by atomic mass is 10.2. The van der Waals surface area contributed by atoms with Crippen molar-refractivity contribution in [3.63, 3.8) is 0 Å². The quantitative estimate of drug-likeness (QED) is 0.891. The fourth-order valence-corrected chi connectivity index (χ4v) is 1.87. The van der Waals surface area contributed by atoms with E-state index in [1.54, 1.807) is 24.3 Å². The normalized spacial score (nSPS) is 14.6. The molecule has 2 N–H and O–H groups in total. The van der Waals surface area contributed by atoms with Gasteiger partial charge in [0.25, 0.3) is 0 Å². The first-order valence-corrected chi connectivity index (χ1v) is 6.65. The van der Waals surface area contributed by atoms with Crippen LogP contribution in [0.4, 0.5) is 24.7 Å². The maximum atomic E-state index is 12.5. The van der Waals surface area contributed by atoms with Gasteiger partial charge in [0.05, 0.1) is 0 Å². The van der Waals surface area contributed by atoms with Crippen LogP contribution < -0.4 is 15.4 Å². The second kappa shape index (κ2) is 7.01. The van der Waals surface area contributed by atoms with Crippen molar-refractivity contribution < 1.29 is 17.9 Å². The SMILES string of the molecule is Cl.FC(F)(F)c1nccc(Nc2ccc(OC3CNC3)cc2)n1. The molecular formula is C14H14ClF3N4O. The van der Waals surface area contributed by atoms with Crippen molar-refractivity contribution in [2.45, 2.75) is 12.3 Å². The van der Waals surface area contributed by atoms with E-state index >= 15 is 0 Å². The minimum atomic E-state index is -4.56. The summed E-state index contributed by atoms with van der Waals surface area (Å²) in [5, 5.41) is 5.91. The van der Waals surface area contributed by atoms with E-state index in [0.29, 0.717) is 5.69 Å². The Kier molecular flexibility index (Phi) is 5.27. The Morgan fingerprint density at radius 3 is 2.39 bits per heavy atom. The molecule has 0 saturated carbocycles. The van der Waals surface area contributed by atoms with Gasteiger partial charge in [0.2, 0.25) is 5.82 Å². The molecule has 0 bridgehead atoms. The van der Waals surface area contributed by atoms with Crippen LogP contribution in [0.5, 0.6) is 5.75 Å². The van der Waals surface area contributed by atoms with Crippen molar-refractivity contribution in [3.05, 3.63) is 42.4 Å². The maximum absolute atomic E-state index is 12.5. The highest BCUT2D eigenvalue weighted by Crippen LogP contribution is 2.27.